The molecule has 0 fully saturated rings. The Morgan fingerprint density at radius 1 is 0.500 bits per heavy atom. The molecule has 0 aromatic heterocycles. The smallest absolute Gasteiger partial charge is 0 e. The number of hydrogen-bond acceptors (Lipinski definition) is 0. The Morgan fingerprint density at radius 2 is 0.500 bits per heavy atom. The fourth-order valence-electron chi connectivity index (χ4n) is 0. The summed E-state index contributed by atoms with van der Waals surface area (Å²) in [6.07, 6.45) is 0. The molecule has 0 radical (unpaired) electrons. The SMILES string of the molecule is Cl.Cl.Cl.[Hf]. The maximum Gasteiger partial charge on any atom is 0 e. The molecule has 0 bridgehead atoms. The standard InChI is InChI=1S/3ClH.Hf/h3*1H;. The minimum absolute atomic E-state index is 0. The van der Waals surface area contributed by atoms with Crippen LogP contribution in [0, 0.1) is 0 Å². The zero-order chi connectivity index (χ0) is 0. The maximum absolute atomic E-state index is 0. The van der Waals surface area contributed by atoms with Gasteiger partial charge in [-0.3, -0.25) is 0 Å². The van der Waals surface area contributed by atoms with Crippen LogP contribution in [0.5, 0.6) is 0 Å². The van der Waals surface area contributed by atoms with Crippen molar-refractivity contribution in [1.29, 1.82) is 0 Å². The van der Waals surface area contributed by atoms with Crippen molar-refractivity contribution in [2.45, 2.75) is 0 Å². The van der Waals surface area contributed by atoms with Crippen LogP contribution in [0.1, 0.15) is 0 Å². The molecule has 0 aromatic rings. The molecule has 0 atom stereocenters. The van der Waals surface area contributed by atoms with Gasteiger partial charge in [0.2, 0.25) is 0 Å². The molecule has 4 heteroatoms. The van der Waals surface area contributed by atoms with Gasteiger partial charge in [-0.25, -0.2) is 0 Å². The molecular weight excluding hydrogens is 285 g/mol. The topological polar surface area (TPSA) is 0 Å². The van der Waals surface area contributed by atoms with Gasteiger partial charge in [0.15, 0.2) is 0 Å². The van der Waals surface area contributed by atoms with E-state index in [1.54, 1.807) is 0 Å². The molecule has 4 heavy (non-hydrogen) atoms. The summed E-state index contributed by atoms with van der Waals surface area (Å²) in [5, 5.41) is 0. The van der Waals surface area contributed by atoms with Crippen LogP contribution in [-0.2, 0) is 25.8 Å². The summed E-state index contributed by atoms with van der Waals surface area (Å²) in [5.74, 6) is 0. The van der Waals surface area contributed by atoms with Gasteiger partial charge in [-0.15, -0.1) is 37.2 Å². The van der Waals surface area contributed by atoms with Crippen LogP contribution in [0.2, 0.25) is 0 Å². The fourth-order valence-corrected chi connectivity index (χ4v) is 0. The minimum Gasteiger partial charge on any atom is -0.147 e. The predicted octanol–water partition coefficient (Wildman–Crippen LogP) is 1.26. The fraction of sp³-hybridized carbons (Fsp3) is 0. The van der Waals surface area contributed by atoms with E-state index in [0.717, 1.165) is 0 Å². The normalized spacial score (nSPS) is 0. The van der Waals surface area contributed by atoms with Gasteiger partial charge in [-0.05, 0) is 0 Å². The summed E-state index contributed by atoms with van der Waals surface area (Å²) in [6, 6.07) is 0. The maximum atomic E-state index is 0. The molecule has 0 aromatic carbocycles. The van der Waals surface area contributed by atoms with Crippen LogP contribution in [0.25, 0.3) is 0 Å². The van der Waals surface area contributed by atoms with Gasteiger partial charge in [0.05, 0.1) is 0 Å². The molecule has 0 spiro atoms. The Labute approximate surface area is 62.7 Å². The van der Waals surface area contributed by atoms with Crippen molar-refractivity contribution >= 4 is 37.2 Å². The third-order valence-electron chi connectivity index (χ3n) is 0. The summed E-state index contributed by atoms with van der Waals surface area (Å²) in [6.45, 7) is 0. The molecule has 0 aliphatic rings. The monoisotopic (exact) mass is 288 g/mol. The van der Waals surface area contributed by atoms with E-state index in [2.05, 4.69) is 0 Å². The van der Waals surface area contributed by atoms with E-state index < -0.39 is 0 Å². The molecular formula is H3Cl3Hf. The van der Waals surface area contributed by atoms with E-state index in [9.17, 15) is 0 Å². The number of hydrogen-bond donors (Lipinski definition) is 0. The first-order valence-corrected chi connectivity index (χ1v) is 0. The summed E-state index contributed by atoms with van der Waals surface area (Å²) in [4.78, 5) is 0. The van der Waals surface area contributed by atoms with Crippen molar-refractivity contribution < 1.29 is 25.8 Å². The van der Waals surface area contributed by atoms with Crippen molar-refractivity contribution in [3.8, 4) is 0 Å². The quantitative estimate of drug-likeness (QED) is 0.589. The summed E-state index contributed by atoms with van der Waals surface area (Å²) >= 11 is 0. The molecule has 0 aliphatic carbocycles. The molecule has 0 heterocycles. The zero-order valence-electron chi connectivity index (χ0n) is 1.72. The summed E-state index contributed by atoms with van der Waals surface area (Å²) < 4.78 is 0. The van der Waals surface area contributed by atoms with Crippen LogP contribution in [-0.4, -0.2) is 0 Å². The molecule has 0 unspecified atom stereocenters. The van der Waals surface area contributed by atoms with Crippen molar-refractivity contribution in [3.63, 3.8) is 0 Å². The van der Waals surface area contributed by atoms with Crippen molar-refractivity contribution in [2.24, 2.45) is 0 Å². The van der Waals surface area contributed by atoms with Crippen molar-refractivity contribution in [3.05, 3.63) is 0 Å². The predicted molar refractivity (Wildman–Crippen MR) is 21.7 cm³/mol. The van der Waals surface area contributed by atoms with Crippen molar-refractivity contribution in [2.75, 3.05) is 0 Å². The average Bonchev–Trinajstić information content (AvgIpc) is 0. The largest absolute Gasteiger partial charge is 0.147 e. The van der Waals surface area contributed by atoms with Crippen molar-refractivity contribution in [1.82, 2.24) is 0 Å². The van der Waals surface area contributed by atoms with E-state index in [-0.39, 0.29) is 63.1 Å². The average molecular weight is 288 g/mol. The first-order valence-electron chi connectivity index (χ1n) is 0. The first kappa shape index (κ1) is 42.6. The van der Waals surface area contributed by atoms with Gasteiger partial charge >= 0.3 is 0 Å². The van der Waals surface area contributed by atoms with Gasteiger partial charge in [-0.2, -0.15) is 0 Å². The molecule has 0 saturated carbocycles. The minimum atomic E-state index is 0. The van der Waals surface area contributed by atoms with Gasteiger partial charge in [-0.1, -0.05) is 0 Å². The third-order valence-corrected chi connectivity index (χ3v) is 0. The van der Waals surface area contributed by atoms with Gasteiger partial charge in [0, 0.05) is 25.8 Å². The number of rotatable bonds is 0. The number of halogens is 3. The zero-order valence-corrected chi connectivity index (χ0v) is 7.77. The Morgan fingerprint density at radius 3 is 0.500 bits per heavy atom. The molecule has 0 rings (SSSR count). The molecule has 0 aliphatic heterocycles. The second kappa shape index (κ2) is 21.9. The molecule has 0 N–H and O–H groups in total. The van der Waals surface area contributed by atoms with E-state index >= 15 is 0 Å². The Kier molecular flexibility index (Phi) is 233. The summed E-state index contributed by atoms with van der Waals surface area (Å²) in [7, 11) is 0. The van der Waals surface area contributed by atoms with E-state index in [4.69, 9.17) is 0 Å². The Bertz CT molecular complexity index is 3.25. The Balaban J connectivity index is 0. The van der Waals surface area contributed by atoms with Gasteiger partial charge < -0.3 is 0 Å². The van der Waals surface area contributed by atoms with Gasteiger partial charge in [0.25, 0.3) is 0 Å². The summed E-state index contributed by atoms with van der Waals surface area (Å²) in [5.41, 5.74) is 0. The third kappa shape index (κ3) is 9.27. The van der Waals surface area contributed by atoms with Crippen LogP contribution in [0.3, 0.4) is 0 Å². The van der Waals surface area contributed by atoms with E-state index in [1.807, 2.05) is 0 Å². The van der Waals surface area contributed by atoms with Crippen LogP contribution >= 0.6 is 37.2 Å². The molecule has 0 saturated heterocycles. The second-order valence-electron chi connectivity index (χ2n) is 0. The Hall–Kier alpha value is 1.74. The van der Waals surface area contributed by atoms with Gasteiger partial charge in [0.1, 0.15) is 0 Å². The molecule has 0 amide bonds. The molecule has 28 valence electrons. The van der Waals surface area contributed by atoms with Crippen LogP contribution in [0.15, 0.2) is 0 Å². The van der Waals surface area contributed by atoms with E-state index in [0.29, 0.717) is 0 Å². The molecule has 0 nitrogen and oxygen atoms in total. The first-order chi connectivity index (χ1) is 0. The van der Waals surface area contributed by atoms with Crippen LogP contribution in [0.4, 0.5) is 0 Å². The second-order valence-corrected chi connectivity index (χ2v) is 0. The van der Waals surface area contributed by atoms with Crippen LogP contribution < -0.4 is 0 Å². The van der Waals surface area contributed by atoms with E-state index in [1.165, 1.54) is 0 Å².